The van der Waals surface area contributed by atoms with E-state index in [1.807, 2.05) is 19.1 Å². The number of carboxylic acids is 1. The van der Waals surface area contributed by atoms with Crippen molar-refractivity contribution in [3.05, 3.63) is 66.4 Å². The fourth-order valence-electron chi connectivity index (χ4n) is 4.07. The van der Waals surface area contributed by atoms with Gasteiger partial charge in [0.2, 0.25) is 5.91 Å². The molecule has 2 N–H and O–H groups in total. The number of aromatic nitrogens is 1. The number of carbonyl (C=O) groups excluding carboxylic acids is 1. The number of rotatable bonds is 12. The predicted molar refractivity (Wildman–Crippen MR) is 137 cm³/mol. The highest BCUT2D eigenvalue weighted by Gasteiger charge is 2.10. The first-order valence-electron chi connectivity index (χ1n) is 11.9. The smallest absolute Gasteiger partial charge is 0.303 e. The molecule has 1 atom stereocenters. The lowest BCUT2D eigenvalue weighted by Crippen LogP contribution is -2.11. The Labute approximate surface area is 201 Å². The monoisotopic (exact) mass is 462 g/mol. The number of hydrogen-bond acceptors (Lipinski definition) is 3. The quantitative estimate of drug-likeness (QED) is 0.242. The number of nitrogens with zero attached hydrogens (tertiary/aromatic N) is 1. The third-order valence-electron chi connectivity index (χ3n) is 5.80. The number of ether oxygens (including phenoxy) is 1. The Morgan fingerprint density at radius 1 is 1.18 bits per heavy atom. The number of fused-ring (bicyclic) bond motifs is 1. The van der Waals surface area contributed by atoms with Crippen molar-refractivity contribution in [2.45, 2.75) is 53.0 Å². The summed E-state index contributed by atoms with van der Waals surface area (Å²) in [5.74, 6) is 0.0544. The molecule has 0 spiro atoms. The van der Waals surface area contributed by atoms with Crippen molar-refractivity contribution in [2.75, 3.05) is 11.9 Å². The van der Waals surface area contributed by atoms with Gasteiger partial charge >= 0.3 is 5.97 Å². The van der Waals surface area contributed by atoms with E-state index in [0.29, 0.717) is 23.8 Å². The molecule has 0 saturated carbocycles. The molecule has 1 amide bonds. The van der Waals surface area contributed by atoms with Gasteiger partial charge in [-0.1, -0.05) is 38.5 Å². The van der Waals surface area contributed by atoms with Gasteiger partial charge < -0.3 is 19.7 Å². The molecule has 0 aliphatic carbocycles. The molecule has 0 radical (unpaired) electrons. The Balaban J connectivity index is 1.67. The summed E-state index contributed by atoms with van der Waals surface area (Å²) in [5, 5.41) is 12.8. The lowest BCUT2D eigenvalue weighted by molar-refractivity contribution is -0.137. The van der Waals surface area contributed by atoms with Crippen LogP contribution in [-0.4, -0.2) is 28.2 Å². The lowest BCUT2D eigenvalue weighted by Gasteiger charge is -2.13. The Morgan fingerprint density at radius 3 is 2.74 bits per heavy atom. The molecule has 6 nitrogen and oxygen atoms in total. The minimum absolute atomic E-state index is 0.0436. The van der Waals surface area contributed by atoms with Gasteiger partial charge in [0.1, 0.15) is 5.75 Å². The number of benzene rings is 2. The standard InChI is InChI=1S/C28H34N2O4/c1-4-8-20(2)19-30-15-14-23-18-22(12-13-25(23)30)21(3)17-27(31)29-24-9-5-6-10-26(24)34-16-7-11-28(32)33/h5-6,9-10,12-15,17-18,20H,4,7-8,11,16,19H2,1-3H3,(H,29,31)(H,32,33)/b21-17+. The van der Waals surface area contributed by atoms with Crippen LogP contribution in [0.15, 0.2) is 60.8 Å². The van der Waals surface area contributed by atoms with E-state index in [-0.39, 0.29) is 18.9 Å². The van der Waals surface area contributed by atoms with E-state index in [9.17, 15) is 9.59 Å². The van der Waals surface area contributed by atoms with Crippen molar-refractivity contribution in [3.8, 4) is 5.75 Å². The summed E-state index contributed by atoms with van der Waals surface area (Å²) >= 11 is 0. The summed E-state index contributed by atoms with van der Waals surface area (Å²) < 4.78 is 7.97. The maximum atomic E-state index is 12.7. The third kappa shape index (κ3) is 6.98. The van der Waals surface area contributed by atoms with Gasteiger partial charge in [-0.25, -0.2) is 0 Å². The number of allylic oxidation sites excluding steroid dienone is 1. The highest BCUT2D eigenvalue weighted by atomic mass is 16.5. The molecule has 180 valence electrons. The van der Waals surface area contributed by atoms with E-state index in [1.165, 1.54) is 18.4 Å². The fraction of sp³-hybridized carbons (Fsp3) is 0.357. The molecule has 0 aliphatic rings. The third-order valence-corrected chi connectivity index (χ3v) is 5.80. The van der Waals surface area contributed by atoms with E-state index in [0.717, 1.165) is 23.1 Å². The van der Waals surface area contributed by atoms with Crippen LogP contribution in [0, 0.1) is 5.92 Å². The normalized spacial score (nSPS) is 12.5. The second kappa shape index (κ2) is 12.1. The molecule has 1 heterocycles. The number of para-hydroxylation sites is 2. The number of amides is 1. The average molecular weight is 463 g/mol. The summed E-state index contributed by atoms with van der Waals surface area (Å²) in [6, 6.07) is 15.6. The molecule has 0 fully saturated rings. The Hall–Kier alpha value is -3.54. The van der Waals surface area contributed by atoms with Crippen LogP contribution in [0.1, 0.15) is 52.0 Å². The molecular weight excluding hydrogens is 428 g/mol. The van der Waals surface area contributed by atoms with Gasteiger partial charge in [0.15, 0.2) is 0 Å². The summed E-state index contributed by atoms with van der Waals surface area (Å²) in [7, 11) is 0. The van der Waals surface area contributed by atoms with Gasteiger partial charge in [-0.2, -0.15) is 0 Å². The minimum atomic E-state index is -0.855. The van der Waals surface area contributed by atoms with Crippen LogP contribution < -0.4 is 10.1 Å². The van der Waals surface area contributed by atoms with E-state index >= 15 is 0 Å². The number of aliphatic carboxylic acids is 1. The van der Waals surface area contributed by atoms with Crippen LogP contribution in [0.4, 0.5) is 5.69 Å². The van der Waals surface area contributed by atoms with Gasteiger partial charge in [-0.3, -0.25) is 9.59 Å². The molecule has 0 saturated heterocycles. The summed E-state index contributed by atoms with van der Waals surface area (Å²) in [5.41, 5.74) is 3.63. The van der Waals surface area contributed by atoms with E-state index < -0.39 is 5.97 Å². The number of carboxylic acid groups (broad SMARTS) is 1. The highest BCUT2D eigenvalue weighted by molar-refractivity contribution is 6.04. The highest BCUT2D eigenvalue weighted by Crippen LogP contribution is 2.26. The average Bonchev–Trinajstić information content (AvgIpc) is 3.19. The number of nitrogens with one attached hydrogen (secondary N) is 1. The number of hydrogen-bond donors (Lipinski definition) is 2. The zero-order valence-corrected chi connectivity index (χ0v) is 20.2. The van der Waals surface area contributed by atoms with Crippen LogP contribution in [0.25, 0.3) is 16.5 Å². The van der Waals surface area contributed by atoms with Crippen molar-refractivity contribution in [1.82, 2.24) is 4.57 Å². The molecule has 3 rings (SSSR count). The van der Waals surface area contributed by atoms with Crippen LogP contribution in [0.3, 0.4) is 0 Å². The lowest BCUT2D eigenvalue weighted by atomic mass is 10.0. The largest absolute Gasteiger partial charge is 0.491 e. The van der Waals surface area contributed by atoms with Crippen LogP contribution in [0.5, 0.6) is 5.75 Å². The van der Waals surface area contributed by atoms with E-state index in [2.05, 4.69) is 54.2 Å². The predicted octanol–water partition coefficient (Wildman–Crippen LogP) is 6.36. The first-order chi connectivity index (χ1) is 16.4. The molecule has 2 aromatic carbocycles. The second-order valence-electron chi connectivity index (χ2n) is 8.79. The van der Waals surface area contributed by atoms with Gasteiger partial charge in [0, 0.05) is 36.1 Å². The van der Waals surface area contributed by atoms with Crippen molar-refractivity contribution in [2.24, 2.45) is 5.92 Å². The molecule has 3 aromatic rings. The first-order valence-corrected chi connectivity index (χ1v) is 11.9. The summed E-state index contributed by atoms with van der Waals surface area (Å²) in [6.45, 7) is 7.70. The molecule has 34 heavy (non-hydrogen) atoms. The first kappa shape index (κ1) is 25.1. The van der Waals surface area contributed by atoms with Crippen molar-refractivity contribution < 1.29 is 19.4 Å². The van der Waals surface area contributed by atoms with Gasteiger partial charge in [-0.05, 0) is 67.2 Å². The minimum Gasteiger partial charge on any atom is -0.491 e. The maximum absolute atomic E-state index is 12.7. The zero-order chi connectivity index (χ0) is 24.5. The Bertz CT molecular complexity index is 1160. The molecule has 0 aliphatic heterocycles. The topological polar surface area (TPSA) is 80.6 Å². The molecular formula is C28H34N2O4. The zero-order valence-electron chi connectivity index (χ0n) is 20.2. The SMILES string of the molecule is CCCC(C)Cn1ccc2cc(/C(C)=C/C(=O)Nc3ccccc3OCCCC(=O)O)ccc21. The van der Waals surface area contributed by atoms with E-state index in [4.69, 9.17) is 9.84 Å². The van der Waals surface area contributed by atoms with Crippen molar-refractivity contribution in [1.29, 1.82) is 0 Å². The molecule has 0 bridgehead atoms. The van der Waals surface area contributed by atoms with Crippen LogP contribution in [-0.2, 0) is 16.1 Å². The van der Waals surface area contributed by atoms with Crippen LogP contribution >= 0.6 is 0 Å². The molecule has 1 aromatic heterocycles. The fourth-order valence-corrected chi connectivity index (χ4v) is 4.07. The van der Waals surface area contributed by atoms with Gasteiger partial charge in [-0.15, -0.1) is 0 Å². The molecule has 6 heteroatoms. The van der Waals surface area contributed by atoms with Gasteiger partial charge in [0.25, 0.3) is 0 Å². The Kier molecular flexibility index (Phi) is 8.91. The van der Waals surface area contributed by atoms with E-state index in [1.54, 1.807) is 18.2 Å². The number of anilines is 1. The summed E-state index contributed by atoms with van der Waals surface area (Å²) in [4.78, 5) is 23.4. The number of carbonyl (C=O) groups is 2. The Morgan fingerprint density at radius 2 is 1.97 bits per heavy atom. The van der Waals surface area contributed by atoms with Crippen molar-refractivity contribution >= 4 is 34.0 Å². The van der Waals surface area contributed by atoms with Crippen LogP contribution in [0.2, 0.25) is 0 Å². The maximum Gasteiger partial charge on any atom is 0.303 e. The summed E-state index contributed by atoms with van der Waals surface area (Å²) in [6.07, 6.45) is 6.58. The van der Waals surface area contributed by atoms with Crippen molar-refractivity contribution in [3.63, 3.8) is 0 Å². The molecule has 1 unspecified atom stereocenters. The van der Waals surface area contributed by atoms with Gasteiger partial charge in [0.05, 0.1) is 12.3 Å². The second-order valence-corrected chi connectivity index (χ2v) is 8.79.